The molecule has 5 aromatic rings. The second-order valence-corrected chi connectivity index (χ2v) is 7.20. The second kappa shape index (κ2) is 7.49. The van der Waals surface area contributed by atoms with Crippen LogP contribution in [0.2, 0.25) is 0 Å². The highest BCUT2D eigenvalue weighted by atomic mass is 16.6. The van der Waals surface area contributed by atoms with Crippen molar-refractivity contribution in [2.24, 2.45) is 0 Å². The molecule has 0 bridgehead atoms. The second-order valence-electron chi connectivity index (χ2n) is 7.20. The topological polar surface area (TPSA) is 107 Å². The van der Waals surface area contributed by atoms with Crippen LogP contribution in [0.4, 0.5) is 5.69 Å². The molecule has 0 aliphatic rings. The summed E-state index contributed by atoms with van der Waals surface area (Å²) in [6, 6.07) is 19.6. The fraction of sp³-hybridized carbons (Fsp3) is 0.0870. The normalized spacial score (nSPS) is 11.2. The van der Waals surface area contributed by atoms with Gasteiger partial charge in [-0.15, -0.1) is 0 Å². The summed E-state index contributed by atoms with van der Waals surface area (Å²) >= 11 is 0. The zero-order chi connectivity index (χ0) is 21.4. The average molecular weight is 411 g/mol. The van der Waals surface area contributed by atoms with E-state index in [4.69, 9.17) is 0 Å². The van der Waals surface area contributed by atoms with Crippen molar-refractivity contribution in [2.45, 2.75) is 12.8 Å². The van der Waals surface area contributed by atoms with E-state index in [9.17, 15) is 14.9 Å². The number of aromatic nitrogens is 4. The Morgan fingerprint density at radius 3 is 2.48 bits per heavy atom. The Morgan fingerprint density at radius 1 is 0.968 bits per heavy atom. The van der Waals surface area contributed by atoms with Crippen molar-refractivity contribution in [2.75, 3.05) is 0 Å². The largest absolute Gasteiger partial charge is 0.281 e. The fourth-order valence-electron chi connectivity index (χ4n) is 3.82. The van der Waals surface area contributed by atoms with Gasteiger partial charge in [-0.05, 0) is 42.7 Å². The van der Waals surface area contributed by atoms with Crippen molar-refractivity contribution in [3.63, 3.8) is 0 Å². The van der Waals surface area contributed by atoms with Crippen LogP contribution < -0.4 is 5.56 Å². The van der Waals surface area contributed by atoms with Gasteiger partial charge in [-0.1, -0.05) is 30.3 Å². The number of para-hydroxylation sites is 1. The van der Waals surface area contributed by atoms with Gasteiger partial charge in [-0.25, -0.2) is 4.98 Å². The van der Waals surface area contributed by atoms with Crippen LogP contribution in [0.15, 0.2) is 77.7 Å². The van der Waals surface area contributed by atoms with E-state index in [2.05, 4.69) is 15.2 Å². The number of rotatable bonds is 5. The number of nitro groups is 1. The number of non-ortho nitro benzene ring substituents is 1. The molecule has 0 radical (unpaired) electrons. The molecule has 152 valence electrons. The Hall–Kier alpha value is -4.33. The van der Waals surface area contributed by atoms with Gasteiger partial charge in [-0.2, -0.15) is 5.10 Å². The van der Waals surface area contributed by atoms with Gasteiger partial charge in [0.05, 0.1) is 16.0 Å². The van der Waals surface area contributed by atoms with Gasteiger partial charge in [0.25, 0.3) is 11.2 Å². The molecule has 0 atom stereocenters. The molecular formula is C23H17N5O3. The van der Waals surface area contributed by atoms with Gasteiger partial charge >= 0.3 is 0 Å². The summed E-state index contributed by atoms with van der Waals surface area (Å²) in [7, 11) is 0. The summed E-state index contributed by atoms with van der Waals surface area (Å²) in [5, 5.41) is 19.6. The van der Waals surface area contributed by atoms with Crippen molar-refractivity contribution in [1.82, 2.24) is 19.7 Å². The van der Waals surface area contributed by atoms with Gasteiger partial charge in [0.2, 0.25) is 0 Å². The van der Waals surface area contributed by atoms with E-state index in [1.54, 1.807) is 22.9 Å². The SMILES string of the molecule is O=c1c2c(CCc3ccc([N+](=O)[O-])cc3)[nH]nc2c2cccnc2n1-c1ccccc1. The molecule has 31 heavy (non-hydrogen) atoms. The lowest BCUT2D eigenvalue weighted by molar-refractivity contribution is -0.384. The monoisotopic (exact) mass is 411 g/mol. The smallest absolute Gasteiger partial charge is 0.269 e. The molecule has 3 aromatic heterocycles. The number of nitrogens with one attached hydrogen (secondary N) is 1. The lowest BCUT2D eigenvalue weighted by atomic mass is 10.1. The van der Waals surface area contributed by atoms with E-state index in [0.29, 0.717) is 29.4 Å². The van der Waals surface area contributed by atoms with Crippen molar-refractivity contribution in [3.05, 3.63) is 105 Å². The lowest BCUT2D eigenvalue weighted by Crippen LogP contribution is -2.20. The van der Waals surface area contributed by atoms with E-state index >= 15 is 0 Å². The molecule has 0 saturated carbocycles. The Morgan fingerprint density at radius 2 is 1.74 bits per heavy atom. The summed E-state index contributed by atoms with van der Waals surface area (Å²) in [6.07, 6.45) is 2.82. The number of pyridine rings is 2. The third-order valence-electron chi connectivity index (χ3n) is 5.34. The van der Waals surface area contributed by atoms with Crippen molar-refractivity contribution in [3.8, 4) is 5.69 Å². The maximum absolute atomic E-state index is 13.5. The van der Waals surface area contributed by atoms with Crippen LogP contribution in [0.5, 0.6) is 0 Å². The zero-order valence-electron chi connectivity index (χ0n) is 16.4. The molecule has 0 amide bonds. The Labute approximate surface area is 175 Å². The molecule has 1 N–H and O–H groups in total. The summed E-state index contributed by atoms with van der Waals surface area (Å²) in [5.41, 5.74) is 3.44. The summed E-state index contributed by atoms with van der Waals surface area (Å²) in [5.74, 6) is 0. The van der Waals surface area contributed by atoms with E-state index in [-0.39, 0.29) is 11.2 Å². The minimum Gasteiger partial charge on any atom is -0.281 e. The maximum Gasteiger partial charge on any atom is 0.269 e. The van der Waals surface area contributed by atoms with Gasteiger partial charge in [0.15, 0.2) is 0 Å². The van der Waals surface area contributed by atoms with E-state index in [0.717, 1.165) is 22.3 Å². The molecule has 0 unspecified atom stereocenters. The first kappa shape index (κ1) is 18.7. The van der Waals surface area contributed by atoms with Crippen LogP contribution in [-0.2, 0) is 12.8 Å². The Kier molecular flexibility index (Phi) is 4.51. The van der Waals surface area contributed by atoms with Gasteiger partial charge < -0.3 is 0 Å². The number of benzene rings is 2. The molecule has 8 nitrogen and oxygen atoms in total. The minimum atomic E-state index is -0.419. The number of aryl methyl sites for hydroxylation is 2. The van der Waals surface area contributed by atoms with E-state index < -0.39 is 4.92 Å². The predicted molar refractivity (Wildman–Crippen MR) is 117 cm³/mol. The molecule has 0 spiro atoms. The number of hydrogen-bond acceptors (Lipinski definition) is 5. The first-order chi connectivity index (χ1) is 15.1. The fourth-order valence-corrected chi connectivity index (χ4v) is 3.82. The molecule has 5 rings (SSSR count). The van der Waals surface area contributed by atoms with Crippen LogP contribution >= 0.6 is 0 Å². The third-order valence-corrected chi connectivity index (χ3v) is 5.34. The average Bonchev–Trinajstić information content (AvgIpc) is 3.23. The molecule has 2 aromatic carbocycles. The highest BCUT2D eigenvalue weighted by Gasteiger charge is 2.18. The first-order valence-corrected chi connectivity index (χ1v) is 9.79. The molecular weight excluding hydrogens is 394 g/mol. The Balaban J connectivity index is 1.61. The number of aromatic amines is 1. The summed E-state index contributed by atoms with van der Waals surface area (Å²) in [4.78, 5) is 28.4. The molecule has 0 fully saturated rings. The molecule has 3 heterocycles. The van der Waals surface area contributed by atoms with Crippen LogP contribution in [0.1, 0.15) is 11.3 Å². The van der Waals surface area contributed by atoms with Crippen molar-refractivity contribution >= 4 is 27.6 Å². The zero-order valence-corrected chi connectivity index (χ0v) is 16.4. The molecule has 8 heteroatoms. The van der Waals surface area contributed by atoms with Crippen LogP contribution in [0, 0.1) is 10.1 Å². The number of fused-ring (bicyclic) bond motifs is 3. The molecule has 0 saturated heterocycles. The molecule has 0 aliphatic heterocycles. The number of H-pyrrole nitrogens is 1. The van der Waals surface area contributed by atoms with Gasteiger partial charge in [0.1, 0.15) is 11.2 Å². The quantitative estimate of drug-likeness (QED) is 0.348. The van der Waals surface area contributed by atoms with Crippen LogP contribution in [0.25, 0.3) is 27.6 Å². The van der Waals surface area contributed by atoms with Crippen LogP contribution in [-0.4, -0.2) is 24.7 Å². The summed E-state index contributed by atoms with van der Waals surface area (Å²) in [6.45, 7) is 0. The van der Waals surface area contributed by atoms with E-state index in [1.165, 1.54) is 12.1 Å². The molecule has 0 aliphatic carbocycles. The maximum atomic E-state index is 13.5. The number of hydrogen-bond donors (Lipinski definition) is 1. The number of nitro benzene ring substituents is 1. The summed E-state index contributed by atoms with van der Waals surface area (Å²) < 4.78 is 1.61. The van der Waals surface area contributed by atoms with Crippen molar-refractivity contribution < 1.29 is 4.92 Å². The highest BCUT2D eigenvalue weighted by Crippen LogP contribution is 2.24. The standard InChI is InChI=1S/C23H17N5O3/c29-23-20-19(13-10-15-8-11-17(12-9-15)28(30)31)25-26-21(20)18-7-4-14-24-22(18)27(23)16-5-2-1-3-6-16/h1-9,11-12,14H,10,13H2,(H,25,26). The highest BCUT2D eigenvalue weighted by molar-refractivity contribution is 6.03. The van der Waals surface area contributed by atoms with Crippen molar-refractivity contribution in [1.29, 1.82) is 0 Å². The van der Waals surface area contributed by atoms with Crippen LogP contribution in [0.3, 0.4) is 0 Å². The van der Waals surface area contributed by atoms with E-state index in [1.807, 2.05) is 42.5 Å². The third kappa shape index (κ3) is 3.24. The number of nitrogens with zero attached hydrogens (tertiary/aromatic N) is 4. The lowest BCUT2D eigenvalue weighted by Gasteiger charge is -2.10. The van der Waals surface area contributed by atoms with Gasteiger partial charge in [0, 0.05) is 29.4 Å². The van der Waals surface area contributed by atoms with Gasteiger partial charge in [-0.3, -0.25) is 24.6 Å². The minimum absolute atomic E-state index is 0.0560. The Bertz CT molecular complexity index is 1470. The first-order valence-electron chi connectivity index (χ1n) is 9.79. The predicted octanol–water partition coefficient (Wildman–Crippen LogP) is 3.96.